The predicted octanol–water partition coefficient (Wildman–Crippen LogP) is 2.27. The van der Waals surface area contributed by atoms with Crippen molar-refractivity contribution in [1.82, 2.24) is 0 Å². The van der Waals surface area contributed by atoms with Crippen LogP contribution in [0, 0.1) is 0 Å². The molecule has 0 aliphatic heterocycles. The highest BCUT2D eigenvalue weighted by molar-refractivity contribution is 5.67. The third-order valence-electron chi connectivity index (χ3n) is 1.87. The lowest BCUT2D eigenvalue weighted by molar-refractivity contribution is 0.336. The molecular weight excluding hydrogens is 155 g/mol. The summed E-state index contributed by atoms with van der Waals surface area (Å²) in [5, 5.41) is 0. The summed E-state index contributed by atoms with van der Waals surface area (Å²) >= 11 is 0. The van der Waals surface area contributed by atoms with Crippen LogP contribution in [0.3, 0.4) is 0 Å². The average molecular weight is 168 g/mol. The first-order valence-corrected chi connectivity index (χ1v) is 3.94. The van der Waals surface area contributed by atoms with E-state index in [2.05, 4.69) is 0 Å². The molecule has 4 N–H and O–H groups in total. The fraction of sp³-hybridized carbons (Fsp3) is 0.333. The lowest BCUT2D eigenvalue weighted by atomic mass is 10.1. The van der Waals surface area contributed by atoms with Crippen molar-refractivity contribution < 1.29 is 4.39 Å². The summed E-state index contributed by atoms with van der Waals surface area (Å²) < 4.78 is 13.2. The first kappa shape index (κ1) is 8.84. The second-order valence-electron chi connectivity index (χ2n) is 2.73. The molecule has 1 aromatic rings. The Hall–Kier alpha value is -1.25. The predicted molar refractivity (Wildman–Crippen MR) is 49.4 cm³/mol. The molecule has 0 radical (unpaired) electrons. The van der Waals surface area contributed by atoms with Crippen LogP contribution in [-0.2, 0) is 0 Å². The fourth-order valence-corrected chi connectivity index (χ4v) is 1.09. The van der Waals surface area contributed by atoms with Gasteiger partial charge in [0.15, 0.2) is 0 Å². The van der Waals surface area contributed by atoms with E-state index in [0.29, 0.717) is 23.4 Å². The molecule has 1 unspecified atom stereocenters. The van der Waals surface area contributed by atoms with Gasteiger partial charge in [0.2, 0.25) is 0 Å². The van der Waals surface area contributed by atoms with E-state index in [1.165, 1.54) is 0 Å². The Morgan fingerprint density at radius 2 is 2.08 bits per heavy atom. The maximum Gasteiger partial charge on any atom is 0.127 e. The minimum Gasteiger partial charge on any atom is -0.397 e. The van der Waals surface area contributed by atoms with E-state index < -0.39 is 6.17 Å². The van der Waals surface area contributed by atoms with Crippen molar-refractivity contribution in [3.63, 3.8) is 0 Å². The maximum absolute atomic E-state index is 13.2. The summed E-state index contributed by atoms with van der Waals surface area (Å²) in [5.41, 5.74) is 12.4. The molecule has 0 bridgehead atoms. The van der Waals surface area contributed by atoms with Crippen molar-refractivity contribution in [2.24, 2.45) is 0 Å². The molecule has 3 heteroatoms. The van der Waals surface area contributed by atoms with Gasteiger partial charge in [0.1, 0.15) is 6.17 Å². The van der Waals surface area contributed by atoms with E-state index in [4.69, 9.17) is 11.5 Å². The van der Waals surface area contributed by atoms with Gasteiger partial charge in [0, 0.05) is 5.56 Å². The van der Waals surface area contributed by atoms with Gasteiger partial charge in [0.05, 0.1) is 11.4 Å². The van der Waals surface area contributed by atoms with Crippen LogP contribution in [0.1, 0.15) is 25.1 Å². The first-order valence-electron chi connectivity index (χ1n) is 3.94. The number of benzene rings is 1. The Morgan fingerprint density at radius 1 is 1.42 bits per heavy atom. The number of rotatable bonds is 2. The van der Waals surface area contributed by atoms with Crippen molar-refractivity contribution in [3.8, 4) is 0 Å². The molecule has 0 aliphatic rings. The Kier molecular flexibility index (Phi) is 2.53. The van der Waals surface area contributed by atoms with Crippen LogP contribution in [0.5, 0.6) is 0 Å². The summed E-state index contributed by atoms with van der Waals surface area (Å²) in [6.45, 7) is 1.77. The molecule has 0 saturated heterocycles. The number of nitrogens with two attached hydrogens (primary N) is 2. The van der Waals surface area contributed by atoms with E-state index in [9.17, 15) is 4.39 Å². The molecule has 0 fully saturated rings. The fourth-order valence-electron chi connectivity index (χ4n) is 1.09. The number of anilines is 2. The van der Waals surface area contributed by atoms with Crippen LogP contribution in [0.15, 0.2) is 18.2 Å². The molecule has 1 aromatic carbocycles. The zero-order chi connectivity index (χ0) is 9.14. The van der Waals surface area contributed by atoms with E-state index in [0.717, 1.165) is 0 Å². The lowest BCUT2D eigenvalue weighted by Gasteiger charge is -2.10. The minimum atomic E-state index is -1.01. The largest absolute Gasteiger partial charge is 0.397 e. The normalized spacial score (nSPS) is 12.8. The van der Waals surface area contributed by atoms with Crippen LogP contribution in [0.4, 0.5) is 15.8 Å². The van der Waals surface area contributed by atoms with Crippen LogP contribution >= 0.6 is 0 Å². The van der Waals surface area contributed by atoms with Gasteiger partial charge in [0.25, 0.3) is 0 Å². The van der Waals surface area contributed by atoms with Gasteiger partial charge in [-0.2, -0.15) is 0 Å². The third kappa shape index (κ3) is 1.49. The average Bonchev–Trinajstić information content (AvgIpc) is 2.08. The first-order chi connectivity index (χ1) is 5.66. The van der Waals surface area contributed by atoms with Gasteiger partial charge in [-0.1, -0.05) is 19.1 Å². The second-order valence-corrected chi connectivity index (χ2v) is 2.73. The van der Waals surface area contributed by atoms with Gasteiger partial charge < -0.3 is 11.5 Å². The number of para-hydroxylation sites is 1. The van der Waals surface area contributed by atoms with E-state index >= 15 is 0 Å². The molecule has 2 nitrogen and oxygen atoms in total. The summed E-state index contributed by atoms with van der Waals surface area (Å²) in [6.07, 6.45) is -0.582. The summed E-state index contributed by atoms with van der Waals surface area (Å²) in [4.78, 5) is 0. The highest BCUT2D eigenvalue weighted by atomic mass is 19.1. The van der Waals surface area contributed by atoms with Crippen LogP contribution < -0.4 is 11.5 Å². The molecule has 0 amide bonds. The quantitative estimate of drug-likeness (QED) is 0.665. The highest BCUT2D eigenvalue weighted by Gasteiger charge is 2.11. The number of hydrogen-bond acceptors (Lipinski definition) is 2. The summed E-state index contributed by atoms with van der Waals surface area (Å²) in [7, 11) is 0. The van der Waals surface area contributed by atoms with Crippen molar-refractivity contribution in [2.45, 2.75) is 19.5 Å². The van der Waals surface area contributed by atoms with Gasteiger partial charge >= 0.3 is 0 Å². The smallest absolute Gasteiger partial charge is 0.127 e. The summed E-state index contributed by atoms with van der Waals surface area (Å²) in [6, 6.07) is 5.05. The zero-order valence-electron chi connectivity index (χ0n) is 7.05. The maximum atomic E-state index is 13.2. The molecule has 1 rings (SSSR count). The van der Waals surface area contributed by atoms with Gasteiger partial charge in [-0.15, -0.1) is 0 Å². The number of nitrogen functional groups attached to an aromatic ring is 2. The molecule has 12 heavy (non-hydrogen) atoms. The molecule has 0 aliphatic carbocycles. The monoisotopic (exact) mass is 168 g/mol. The molecule has 0 spiro atoms. The molecule has 0 aromatic heterocycles. The van der Waals surface area contributed by atoms with Crippen LogP contribution in [0.25, 0.3) is 0 Å². The molecule has 1 atom stereocenters. The van der Waals surface area contributed by atoms with E-state index in [-0.39, 0.29) is 0 Å². The standard InChI is InChI=1S/C9H13FN2/c1-2-7(10)6-4-3-5-8(11)9(6)12/h3-5,7H,2,11-12H2,1H3. The third-order valence-corrected chi connectivity index (χ3v) is 1.87. The number of halogens is 1. The van der Waals surface area contributed by atoms with E-state index in [1.54, 1.807) is 25.1 Å². The van der Waals surface area contributed by atoms with Crippen molar-refractivity contribution in [1.29, 1.82) is 0 Å². The van der Waals surface area contributed by atoms with Crippen molar-refractivity contribution in [3.05, 3.63) is 23.8 Å². The Balaban J connectivity index is 3.07. The zero-order valence-corrected chi connectivity index (χ0v) is 7.05. The molecular formula is C9H13FN2. The van der Waals surface area contributed by atoms with Gasteiger partial charge in [-0.25, -0.2) is 4.39 Å². The van der Waals surface area contributed by atoms with Crippen molar-refractivity contribution in [2.75, 3.05) is 11.5 Å². The Morgan fingerprint density at radius 3 is 2.67 bits per heavy atom. The highest BCUT2D eigenvalue weighted by Crippen LogP contribution is 2.29. The summed E-state index contributed by atoms with van der Waals surface area (Å²) in [5.74, 6) is 0. The SMILES string of the molecule is CCC(F)c1cccc(N)c1N. The van der Waals surface area contributed by atoms with Crippen LogP contribution in [0.2, 0.25) is 0 Å². The van der Waals surface area contributed by atoms with Crippen LogP contribution in [-0.4, -0.2) is 0 Å². The lowest BCUT2D eigenvalue weighted by Crippen LogP contribution is -2.01. The minimum absolute atomic E-state index is 0.367. The Labute approximate surface area is 71.4 Å². The number of alkyl halides is 1. The molecule has 66 valence electrons. The topological polar surface area (TPSA) is 52.0 Å². The Bertz CT molecular complexity index is 273. The second kappa shape index (κ2) is 3.43. The number of hydrogen-bond donors (Lipinski definition) is 2. The van der Waals surface area contributed by atoms with Gasteiger partial charge in [-0.3, -0.25) is 0 Å². The molecule has 0 saturated carbocycles. The van der Waals surface area contributed by atoms with Crippen molar-refractivity contribution >= 4 is 11.4 Å². The van der Waals surface area contributed by atoms with E-state index in [1.807, 2.05) is 0 Å². The molecule has 0 heterocycles. The van der Waals surface area contributed by atoms with Gasteiger partial charge in [-0.05, 0) is 12.5 Å².